The summed E-state index contributed by atoms with van der Waals surface area (Å²) in [7, 11) is 3.85. The highest BCUT2D eigenvalue weighted by molar-refractivity contribution is 6.04. The largest absolute Gasteiger partial charge is 0.486 e. The van der Waals surface area contributed by atoms with Crippen molar-refractivity contribution in [3.05, 3.63) is 65.9 Å². The Morgan fingerprint density at radius 2 is 2.22 bits per heavy atom. The average molecular weight is 482 g/mol. The lowest BCUT2D eigenvalue weighted by atomic mass is 10.1. The highest BCUT2D eigenvalue weighted by Crippen LogP contribution is 2.37. The minimum Gasteiger partial charge on any atom is -0.486 e. The number of hydrogen-bond donors (Lipinski definition) is 2. The van der Waals surface area contributed by atoms with E-state index in [1.54, 1.807) is 18.2 Å². The SMILES string of the molecule is C#Cc1cccc(Nc2c(C#N)cnc3cc(OC4CCOC4)c(NC(=O)C=CCN(C)C)cc23)c1. The summed E-state index contributed by atoms with van der Waals surface area (Å²) >= 11 is 0. The molecule has 1 atom stereocenters. The number of carbonyl (C=O) groups excluding carboxylic acids is 1. The van der Waals surface area contributed by atoms with Crippen LogP contribution in [0.1, 0.15) is 17.5 Å². The first-order valence-corrected chi connectivity index (χ1v) is 11.5. The summed E-state index contributed by atoms with van der Waals surface area (Å²) in [6.45, 7) is 1.74. The quantitative estimate of drug-likeness (QED) is 0.370. The molecule has 36 heavy (non-hydrogen) atoms. The maximum atomic E-state index is 12.7. The van der Waals surface area contributed by atoms with E-state index in [2.05, 4.69) is 27.6 Å². The highest BCUT2D eigenvalue weighted by atomic mass is 16.5. The van der Waals surface area contributed by atoms with Gasteiger partial charge in [0.1, 0.15) is 17.9 Å². The van der Waals surface area contributed by atoms with Crippen molar-refractivity contribution < 1.29 is 14.3 Å². The molecule has 1 fully saturated rings. The number of pyridine rings is 1. The number of amides is 1. The second-order valence-electron chi connectivity index (χ2n) is 8.63. The summed E-state index contributed by atoms with van der Waals surface area (Å²) in [6.07, 6.45) is 11.0. The van der Waals surface area contributed by atoms with Crippen LogP contribution in [0.15, 0.2) is 54.7 Å². The number of anilines is 3. The van der Waals surface area contributed by atoms with Gasteiger partial charge >= 0.3 is 0 Å². The fourth-order valence-corrected chi connectivity index (χ4v) is 3.80. The lowest BCUT2D eigenvalue weighted by molar-refractivity contribution is -0.111. The number of benzene rings is 2. The molecule has 8 nitrogen and oxygen atoms in total. The molecule has 1 amide bonds. The molecular weight excluding hydrogens is 454 g/mol. The maximum Gasteiger partial charge on any atom is 0.248 e. The molecule has 1 aromatic heterocycles. The molecule has 0 radical (unpaired) electrons. The zero-order chi connectivity index (χ0) is 25.5. The number of rotatable bonds is 8. The molecule has 1 aliphatic rings. The molecule has 3 aromatic rings. The van der Waals surface area contributed by atoms with Crippen LogP contribution in [-0.2, 0) is 9.53 Å². The van der Waals surface area contributed by atoms with Crippen LogP contribution in [0, 0.1) is 23.7 Å². The summed E-state index contributed by atoms with van der Waals surface area (Å²) in [5.41, 5.74) is 3.45. The number of carbonyl (C=O) groups is 1. The summed E-state index contributed by atoms with van der Waals surface area (Å²) in [5, 5.41) is 16.7. The fraction of sp³-hybridized carbons (Fsp3) is 0.250. The molecule has 0 aliphatic carbocycles. The van der Waals surface area contributed by atoms with E-state index in [4.69, 9.17) is 15.9 Å². The fourth-order valence-electron chi connectivity index (χ4n) is 3.80. The van der Waals surface area contributed by atoms with Crippen molar-refractivity contribution >= 4 is 33.9 Å². The van der Waals surface area contributed by atoms with Gasteiger partial charge in [-0.25, -0.2) is 0 Å². The number of aromatic nitrogens is 1. The molecule has 2 heterocycles. The van der Waals surface area contributed by atoms with E-state index in [1.165, 1.54) is 12.3 Å². The van der Waals surface area contributed by atoms with E-state index in [0.29, 0.717) is 58.9 Å². The van der Waals surface area contributed by atoms with Gasteiger partial charge in [0, 0.05) is 47.9 Å². The van der Waals surface area contributed by atoms with Gasteiger partial charge in [0.15, 0.2) is 0 Å². The Hall–Kier alpha value is -4.37. The van der Waals surface area contributed by atoms with E-state index in [-0.39, 0.29) is 12.0 Å². The zero-order valence-corrected chi connectivity index (χ0v) is 20.2. The Morgan fingerprint density at radius 3 is 2.94 bits per heavy atom. The maximum absolute atomic E-state index is 12.7. The average Bonchev–Trinajstić information content (AvgIpc) is 3.38. The number of nitrogens with zero attached hydrogens (tertiary/aromatic N) is 3. The normalized spacial score (nSPS) is 15.1. The van der Waals surface area contributed by atoms with Crippen LogP contribution in [0.3, 0.4) is 0 Å². The number of nitrogens with one attached hydrogen (secondary N) is 2. The highest BCUT2D eigenvalue weighted by Gasteiger charge is 2.21. The Kier molecular flexibility index (Phi) is 7.82. The van der Waals surface area contributed by atoms with Gasteiger partial charge in [0.25, 0.3) is 0 Å². The van der Waals surface area contributed by atoms with Gasteiger partial charge in [0.05, 0.1) is 35.7 Å². The van der Waals surface area contributed by atoms with Crippen molar-refractivity contribution in [2.24, 2.45) is 0 Å². The van der Waals surface area contributed by atoms with Crippen LogP contribution < -0.4 is 15.4 Å². The van der Waals surface area contributed by atoms with Crippen molar-refractivity contribution in [2.75, 3.05) is 44.5 Å². The molecule has 0 bridgehead atoms. The van der Waals surface area contributed by atoms with Gasteiger partial charge in [-0.05, 0) is 38.4 Å². The first kappa shape index (κ1) is 24.7. The van der Waals surface area contributed by atoms with Crippen LogP contribution in [0.2, 0.25) is 0 Å². The van der Waals surface area contributed by atoms with Crippen LogP contribution in [-0.4, -0.2) is 55.7 Å². The summed E-state index contributed by atoms with van der Waals surface area (Å²) in [4.78, 5) is 19.1. The van der Waals surface area contributed by atoms with E-state index in [9.17, 15) is 10.1 Å². The van der Waals surface area contributed by atoms with Gasteiger partial charge in [-0.1, -0.05) is 18.1 Å². The number of likely N-dealkylation sites (N-methyl/N-ethyl adjacent to an activating group) is 1. The third-order valence-corrected chi connectivity index (χ3v) is 5.57. The Balaban J connectivity index is 1.77. The molecule has 1 unspecified atom stereocenters. The summed E-state index contributed by atoms with van der Waals surface area (Å²) in [6, 6.07) is 13.1. The van der Waals surface area contributed by atoms with Crippen LogP contribution >= 0.6 is 0 Å². The molecule has 1 aliphatic heterocycles. The van der Waals surface area contributed by atoms with Gasteiger partial charge in [-0.15, -0.1) is 6.42 Å². The first-order chi connectivity index (χ1) is 17.5. The Morgan fingerprint density at radius 1 is 1.36 bits per heavy atom. The third kappa shape index (κ3) is 6.00. The monoisotopic (exact) mass is 481 g/mol. The topological polar surface area (TPSA) is 99.5 Å². The third-order valence-electron chi connectivity index (χ3n) is 5.57. The van der Waals surface area contributed by atoms with E-state index >= 15 is 0 Å². The lowest BCUT2D eigenvalue weighted by Gasteiger charge is -2.18. The lowest BCUT2D eigenvalue weighted by Crippen LogP contribution is -2.18. The second kappa shape index (κ2) is 11.4. The van der Waals surface area contributed by atoms with E-state index in [1.807, 2.05) is 43.3 Å². The molecule has 182 valence electrons. The molecule has 1 saturated heterocycles. The second-order valence-corrected chi connectivity index (χ2v) is 8.63. The molecule has 8 heteroatoms. The molecule has 2 N–H and O–H groups in total. The number of nitriles is 1. The Bertz CT molecular complexity index is 1380. The van der Waals surface area contributed by atoms with Gasteiger partial charge in [0.2, 0.25) is 5.91 Å². The zero-order valence-electron chi connectivity index (χ0n) is 20.2. The number of terminal acetylenes is 1. The minimum absolute atomic E-state index is 0.120. The van der Waals surface area contributed by atoms with Crippen molar-refractivity contribution in [3.63, 3.8) is 0 Å². The minimum atomic E-state index is -0.288. The number of hydrogen-bond acceptors (Lipinski definition) is 7. The predicted molar refractivity (Wildman–Crippen MR) is 140 cm³/mol. The summed E-state index contributed by atoms with van der Waals surface area (Å²) < 4.78 is 11.6. The van der Waals surface area contributed by atoms with Crippen LogP contribution in [0.25, 0.3) is 10.9 Å². The molecular formula is C28H27N5O3. The molecule has 2 aromatic carbocycles. The number of fused-ring (bicyclic) bond motifs is 1. The molecule has 4 rings (SSSR count). The smallest absolute Gasteiger partial charge is 0.248 e. The predicted octanol–water partition coefficient (Wildman–Crippen LogP) is 4.06. The van der Waals surface area contributed by atoms with Crippen LogP contribution in [0.4, 0.5) is 17.1 Å². The van der Waals surface area contributed by atoms with E-state index in [0.717, 1.165) is 12.1 Å². The summed E-state index contributed by atoms with van der Waals surface area (Å²) in [5.74, 6) is 2.82. The number of ether oxygens (including phenoxy) is 2. The van der Waals surface area contributed by atoms with Gasteiger partial charge in [-0.2, -0.15) is 5.26 Å². The molecule has 0 spiro atoms. The molecule has 0 saturated carbocycles. The first-order valence-electron chi connectivity index (χ1n) is 11.5. The standard InChI is InChI=1S/C28H27N5O3/c1-4-19-7-5-8-21(13-19)31-28-20(16-29)17-30-24-15-26(36-22-10-12-35-18-22)25(14-23(24)28)32-27(34)9-6-11-33(2)3/h1,5-9,13-15,17,22H,10-12,18H2,2-3H3,(H,30,31)(H,32,34). The van der Waals surface area contributed by atoms with E-state index < -0.39 is 0 Å². The van der Waals surface area contributed by atoms with Gasteiger partial charge in [-0.3, -0.25) is 9.78 Å². The Labute approximate surface area is 210 Å². The van der Waals surface area contributed by atoms with Crippen LogP contribution in [0.5, 0.6) is 5.75 Å². The van der Waals surface area contributed by atoms with Crippen molar-refractivity contribution in [1.29, 1.82) is 5.26 Å². The van der Waals surface area contributed by atoms with Crippen molar-refractivity contribution in [2.45, 2.75) is 12.5 Å². The van der Waals surface area contributed by atoms with Crippen molar-refractivity contribution in [3.8, 4) is 24.2 Å². The van der Waals surface area contributed by atoms with Gasteiger partial charge < -0.3 is 25.0 Å². The van der Waals surface area contributed by atoms with Crippen molar-refractivity contribution in [1.82, 2.24) is 9.88 Å².